The van der Waals surface area contributed by atoms with Gasteiger partial charge >= 0.3 is 0 Å². The molecule has 0 spiro atoms. The number of anilines is 2. The Morgan fingerprint density at radius 2 is 1.79 bits per heavy atom. The van der Waals surface area contributed by atoms with Crippen LogP contribution in [0.4, 0.5) is 15.8 Å². The van der Waals surface area contributed by atoms with Gasteiger partial charge < -0.3 is 14.8 Å². The summed E-state index contributed by atoms with van der Waals surface area (Å²) in [5, 5.41) is 2.63. The topological polar surface area (TPSA) is 84.9 Å². The van der Waals surface area contributed by atoms with Crippen molar-refractivity contribution < 1.29 is 27.1 Å². The number of amides is 1. The number of carbonyl (C=O) groups is 1. The molecule has 0 aliphatic heterocycles. The Morgan fingerprint density at radius 1 is 1.06 bits per heavy atom. The first-order valence-electron chi connectivity index (χ1n) is 9.90. The molecule has 9 heteroatoms. The van der Waals surface area contributed by atoms with Crippen molar-refractivity contribution in [1.82, 2.24) is 0 Å². The number of nitrogens with one attached hydrogen (secondary N) is 1. The number of nitrogens with zero attached hydrogens (tertiary/aromatic N) is 1. The van der Waals surface area contributed by atoms with Gasteiger partial charge in [-0.3, -0.25) is 9.10 Å². The van der Waals surface area contributed by atoms with Crippen LogP contribution < -0.4 is 19.1 Å². The fraction of sp³-hybridized carbons (Fsp3) is 0.125. The molecule has 0 unspecified atom stereocenters. The number of rotatable bonds is 10. The molecule has 7 nitrogen and oxygen atoms in total. The molecule has 0 bridgehead atoms. The minimum Gasteiger partial charge on any atom is -0.497 e. The van der Waals surface area contributed by atoms with Crippen LogP contribution in [0, 0.1) is 5.82 Å². The molecule has 0 heterocycles. The number of benzene rings is 3. The van der Waals surface area contributed by atoms with Crippen LogP contribution in [0.5, 0.6) is 11.5 Å². The maximum atomic E-state index is 14.6. The molecule has 1 amide bonds. The third-order valence-electron chi connectivity index (χ3n) is 4.54. The van der Waals surface area contributed by atoms with Gasteiger partial charge in [0.25, 0.3) is 10.0 Å². The summed E-state index contributed by atoms with van der Waals surface area (Å²) in [5.41, 5.74) is 0.156. The van der Waals surface area contributed by atoms with Crippen LogP contribution in [-0.2, 0) is 14.8 Å². The lowest BCUT2D eigenvalue weighted by Gasteiger charge is -2.24. The van der Waals surface area contributed by atoms with E-state index >= 15 is 0 Å². The summed E-state index contributed by atoms with van der Waals surface area (Å²) in [6, 6.07) is 17.6. The summed E-state index contributed by atoms with van der Waals surface area (Å²) in [7, 11) is -2.81. The summed E-state index contributed by atoms with van der Waals surface area (Å²) < 4.78 is 52.5. The van der Waals surface area contributed by atoms with E-state index in [4.69, 9.17) is 9.47 Å². The minimum atomic E-state index is -4.27. The maximum Gasteiger partial charge on any atom is 0.264 e. The Labute approximate surface area is 192 Å². The molecular formula is C24H23FN2O5S. The van der Waals surface area contributed by atoms with E-state index in [0.717, 1.165) is 10.4 Å². The Balaban J connectivity index is 1.90. The SMILES string of the molecule is C=CCOc1cccc(NC(=O)CN(c2ccccc2F)S(=O)(=O)c2ccc(OC)cc2)c1. The highest BCUT2D eigenvalue weighted by atomic mass is 32.2. The second-order valence-corrected chi connectivity index (χ2v) is 8.68. The Kier molecular flexibility index (Phi) is 7.68. The predicted octanol–water partition coefficient (Wildman–Crippen LogP) is 4.23. The van der Waals surface area contributed by atoms with E-state index in [0.29, 0.717) is 23.8 Å². The highest BCUT2D eigenvalue weighted by Gasteiger charge is 2.29. The van der Waals surface area contributed by atoms with Crippen molar-refractivity contribution in [2.24, 2.45) is 0 Å². The number of halogens is 1. The van der Waals surface area contributed by atoms with Crippen molar-refractivity contribution in [2.75, 3.05) is 29.9 Å². The zero-order chi connectivity index (χ0) is 23.8. The van der Waals surface area contributed by atoms with E-state index in [1.807, 2.05) is 0 Å². The van der Waals surface area contributed by atoms with Gasteiger partial charge in [-0.05, 0) is 48.5 Å². The predicted molar refractivity (Wildman–Crippen MR) is 125 cm³/mol. The minimum absolute atomic E-state index is 0.112. The number of sulfonamides is 1. The van der Waals surface area contributed by atoms with Crippen molar-refractivity contribution in [3.05, 3.63) is 91.3 Å². The van der Waals surface area contributed by atoms with E-state index in [9.17, 15) is 17.6 Å². The van der Waals surface area contributed by atoms with Crippen molar-refractivity contribution in [2.45, 2.75) is 4.90 Å². The Hall–Kier alpha value is -3.85. The van der Waals surface area contributed by atoms with Crippen LogP contribution >= 0.6 is 0 Å². The van der Waals surface area contributed by atoms with Crippen LogP contribution in [0.15, 0.2) is 90.3 Å². The van der Waals surface area contributed by atoms with Gasteiger partial charge in [0.2, 0.25) is 5.91 Å². The lowest BCUT2D eigenvalue weighted by molar-refractivity contribution is -0.114. The standard InChI is InChI=1S/C24H23FN2O5S/c1-3-15-32-20-8-6-7-18(16-20)26-24(28)17-27(23-10-5-4-9-22(23)25)33(29,30)21-13-11-19(31-2)12-14-21/h3-14,16H,1,15,17H2,2H3,(H,26,28). The zero-order valence-electron chi connectivity index (χ0n) is 17.9. The van der Waals surface area contributed by atoms with Gasteiger partial charge in [0.15, 0.2) is 0 Å². The molecule has 3 rings (SSSR count). The van der Waals surface area contributed by atoms with Gasteiger partial charge in [-0.1, -0.05) is 30.9 Å². The van der Waals surface area contributed by atoms with E-state index < -0.39 is 28.3 Å². The second-order valence-electron chi connectivity index (χ2n) is 6.81. The number of ether oxygens (including phenoxy) is 2. The fourth-order valence-electron chi connectivity index (χ4n) is 2.98. The van der Waals surface area contributed by atoms with Gasteiger partial charge in [0.1, 0.15) is 30.5 Å². The maximum absolute atomic E-state index is 14.6. The molecular weight excluding hydrogens is 447 g/mol. The van der Waals surface area contributed by atoms with Crippen LogP contribution in [0.1, 0.15) is 0 Å². The molecule has 0 saturated carbocycles. The molecule has 3 aromatic rings. The van der Waals surface area contributed by atoms with Crippen LogP contribution in [0.25, 0.3) is 0 Å². The summed E-state index contributed by atoms with van der Waals surface area (Å²) in [6.45, 7) is 3.22. The molecule has 3 aromatic carbocycles. The number of hydrogen-bond donors (Lipinski definition) is 1. The Bertz CT molecular complexity index is 1230. The first-order valence-corrected chi connectivity index (χ1v) is 11.3. The third-order valence-corrected chi connectivity index (χ3v) is 6.32. The van der Waals surface area contributed by atoms with Gasteiger partial charge in [-0.2, -0.15) is 0 Å². The van der Waals surface area contributed by atoms with E-state index in [-0.39, 0.29) is 10.6 Å². The molecule has 0 aromatic heterocycles. The van der Waals surface area contributed by atoms with Gasteiger partial charge in [-0.25, -0.2) is 12.8 Å². The summed E-state index contributed by atoms with van der Waals surface area (Å²) in [6.07, 6.45) is 1.58. The molecule has 0 fully saturated rings. The normalized spacial score (nSPS) is 10.8. The van der Waals surface area contributed by atoms with Crippen LogP contribution in [0.2, 0.25) is 0 Å². The van der Waals surface area contributed by atoms with E-state index in [1.54, 1.807) is 30.3 Å². The average Bonchev–Trinajstić information content (AvgIpc) is 2.82. The fourth-order valence-corrected chi connectivity index (χ4v) is 4.41. The molecule has 0 atom stereocenters. The molecule has 0 radical (unpaired) electrons. The molecule has 172 valence electrons. The lowest BCUT2D eigenvalue weighted by atomic mass is 10.3. The first kappa shape index (κ1) is 23.8. The van der Waals surface area contributed by atoms with Crippen LogP contribution in [0.3, 0.4) is 0 Å². The largest absolute Gasteiger partial charge is 0.497 e. The Morgan fingerprint density at radius 3 is 2.45 bits per heavy atom. The number of para-hydroxylation sites is 1. The summed E-state index contributed by atoms with van der Waals surface area (Å²) in [4.78, 5) is 12.7. The molecule has 1 N–H and O–H groups in total. The van der Waals surface area contributed by atoms with Crippen LogP contribution in [-0.4, -0.2) is 34.6 Å². The molecule has 0 aliphatic rings. The quantitative estimate of drug-likeness (QED) is 0.448. The smallest absolute Gasteiger partial charge is 0.264 e. The van der Waals surface area contributed by atoms with Crippen molar-refractivity contribution >= 4 is 27.3 Å². The van der Waals surface area contributed by atoms with Gasteiger partial charge in [0, 0.05) is 11.8 Å². The van der Waals surface area contributed by atoms with Gasteiger partial charge in [0.05, 0.1) is 17.7 Å². The molecule has 0 aliphatic carbocycles. The highest BCUT2D eigenvalue weighted by molar-refractivity contribution is 7.92. The third kappa shape index (κ3) is 5.89. The zero-order valence-corrected chi connectivity index (χ0v) is 18.7. The van der Waals surface area contributed by atoms with E-state index in [2.05, 4.69) is 11.9 Å². The molecule has 0 saturated heterocycles. The second kappa shape index (κ2) is 10.6. The average molecular weight is 471 g/mol. The lowest BCUT2D eigenvalue weighted by Crippen LogP contribution is -2.38. The summed E-state index contributed by atoms with van der Waals surface area (Å²) in [5.74, 6) is -0.467. The van der Waals surface area contributed by atoms with Crippen molar-refractivity contribution in [3.8, 4) is 11.5 Å². The van der Waals surface area contributed by atoms with E-state index in [1.165, 1.54) is 49.6 Å². The van der Waals surface area contributed by atoms with Crippen molar-refractivity contribution in [1.29, 1.82) is 0 Å². The van der Waals surface area contributed by atoms with Crippen molar-refractivity contribution in [3.63, 3.8) is 0 Å². The number of carbonyl (C=O) groups excluding carboxylic acids is 1. The van der Waals surface area contributed by atoms with Gasteiger partial charge in [-0.15, -0.1) is 0 Å². The highest BCUT2D eigenvalue weighted by Crippen LogP contribution is 2.27. The first-order chi connectivity index (χ1) is 15.8. The number of hydrogen-bond acceptors (Lipinski definition) is 5. The molecule has 33 heavy (non-hydrogen) atoms. The number of methoxy groups -OCH3 is 1. The monoisotopic (exact) mass is 470 g/mol. The summed E-state index contributed by atoms with van der Waals surface area (Å²) >= 11 is 0.